The van der Waals surface area contributed by atoms with Gasteiger partial charge in [0.15, 0.2) is 5.65 Å². The molecule has 0 aliphatic carbocycles. The van der Waals surface area contributed by atoms with E-state index in [4.69, 9.17) is 9.72 Å². The van der Waals surface area contributed by atoms with Gasteiger partial charge in [0.2, 0.25) is 5.91 Å². The van der Waals surface area contributed by atoms with E-state index in [2.05, 4.69) is 46.1 Å². The number of aromatic nitrogens is 3. The number of amides is 1. The molecule has 4 rings (SSSR count). The van der Waals surface area contributed by atoms with Crippen molar-refractivity contribution >= 4 is 17.1 Å². The zero-order valence-electron chi connectivity index (χ0n) is 17.8. The lowest BCUT2D eigenvalue weighted by atomic mass is 10.1. The Hall–Kier alpha value is -3.67. The molecule has 0 unspecified atom stereocenters. The number of carbonyl (C=O) groups excluding carboxylic acids is 1. The molecule has 0 fully saturated rings. The fraction of sp³-hybridized carbons (Fsp3) is 0.240. The molecule has 4 aromatic rings. The quantitative estimate of drug-likeness (QED) is 0.440. The van der Waals surface area contributed by atoms with Crippen LogP contribution in [0.2, 0.25) is 0 Å². The minimum atomic E-state index is 0.0116. The average Bonchev–Trinajstić information content (AvgIpc) is 3.16. The molecule has 1 N–H and O–H groups in total. The van der Waals surface area contributed by atoms with E-state index < -0.39 is 0 Å². The smallest absolute Gasteiger partial charge is 0.224 e. The van der Waals surface area contributed by atoms with Gasteiger partial charge in [0, 0.05) is 24.8 Å². The molecule has 6 nitrogen and oxygen atoms in total. The highest BCUT2D eigenvalue weighted by molar-refractivity contribution is 5.78. The number of hydrogen-bond acceptors (Lipinski definition) is 4. The minimum Gasteiger partial charge on any atom is -0.497 e. The van der Waals surface area contributed by atoms with Crippen molar-refractivity contribution in [3.63, 3.8) is 0 Å². The second-order valence-electron chi connectivity index (χ2n) is 7.53. The first-order chi connectivity index (χ1) is 15.1. The lowest BCUT2D eigenvalue weighted by molar-refractivity contribution is -0.120. The van der Waals surface area contributed by atoms with Gasteiger partial charge in [-0.1, -0.05) is 42.0 Å². The van der Waals surface area contributed by atoms with Gasteiger partial charge in [-0.3, -0.25) is 4.79 Å². The van der Waals surface area contributed by atoms with Gasteiger partial charge in [0.1, 0.15) is 17.1 Å². The number of nitrogens with one attached hydrogen (secondary N) is 1. The summed E-state index contributed by atoms with van der Waals surface area (Å²) < 4.78 is 7.29. The lowest BCUT2D eigenvalue weighted by Crippen LogP contribution is -2.26. The third kappa shape index (κ3) is 4.91. The summed E-state index contributed by atoms with van der Waals surface area (Å²) in [5.41, 5.74) is 4.98. The molecule has 6 heteroatoms. The molecule has 0 spiro atoms. The van der Waals surface area contributed by atoms with Crippen LogP contribution in [0.5, 0.6) is 5.75 Å². The summed E-state index contributed by atoms with van der Waals surface area (Å²) >= 11 is 0. The zero-order valence-corrected chi connectivity index (χ0v) is 17.8. The summed E-state index contributed by atoms with van der Waals surface area (Å²) in [6.45, 7) is 3.39. The van der Waals surface area contributed by atoms with E-state index in [-0.39, 0.29) is 5.91 Å². The van der Waals surface area contributed by atoms with Crippen LogP contribution in [-0.2, 0) is 17.8 Å². The van der Waals surface area contributed by atoms with Gasteiger partial charge in [-0.15, -0.1) is 0 Å². The van der Waals surface area contributed by atoms with Crippen LogP contribution in [0.3, 0.4) is 0 Å². The number of nitrogens with zero attached hydrogens (tertiary/aromatic N) is 3. The Morgan fingerprint density at radius 3 is 2.58 bits per heavy atom. The molecule has 31 heavy (non-hydrogen) atoms. The van der Waals surface area contributed by atoms with E-state index >= 15 is 0 Å². The predicted molar refractivity (Wildman–Crippen MR) is 122 cm³/mol. The third-order valence-corrected chi connectivity index (χ3v) is 5.22. The maximum absolute atomic E-state index is 12.3. The minimum absolute atomic E-state index is 0.0116. The van der Waals surface area contributed by atoms with Gasteiger partial charge in [-0.25, -0.2) is 9.97 Å². The lowest BCUT2D eigenvalue weighted by Gasteiger charge is -2.10. The fourth-order valence-corrected chi connectivity index (χ4v) is 3.55. The highest BCUT2D eigenvalue weighted by atomic mass is 16.5. The molecule has 2 heterocycles. The second kappa shape index (κ2) is 9.43. The number of methoxy groups -OCH3 is 1. The van der Waals surface area contributed by atoms with Crippen molar-refractivity contribution in [1.29, 1.82) is 0 Å². The second-order valence-corrected chi connectivity index (χ2v) is 7.53. The predicted octanol–water partition coefficient (Wildman–Crippen LogP) is 4.16. The molecule has 0 saturated carbocycles. The normalized spacial score (nSPS) is 10.9. The van der Waals surface area contributed by atoms with E-state index in [1.54, 1.807) is 13.3 Å². The first kappa shape index (κ1) is 20.6. The molecule has 0 saturated heterocycles. The molecule has 2 aromatic heterocycles. The molecule has 0 aliphatic heterocycles. The first-order valence-electron chi connectivity index (χ1n) is 10.4. The van der Waals surface area contributed by atoms with E-state index in [1.165, 1.54) is 5.56 Å². The number of aryl methyl sites for hydroxylation is 2. The van der Waals surface area contributed by atoms with Crippen molar-refractivity contribution in [1.82, 2.24) is 19.9 Å². The Labute approximate surface area is 181 Å². The van der Waals surface area contributed by atoms with Crippen molar-refractivity contribution in [3.8, 4) is 17.1 Å². The Bertz CT molecular complexity index is 1160. The highest BCUT2D eigenvalue weighted by Gasteiger charge is 2.13. The van der Waals surface area contributed by atoms with Crippen LogP contribution in [0.1, 0.15) is 17.5 Å². The first-order valence-corrected chi connectivity index (χ1v) is 10.4. The van der Waals surface area contributed by atoms with Crippen LogP contribution >= 0.6 is 0 Å². The Balaban J connectivity index is 1.40. The zero-order chi connectivity index (χ0) is 21.6. The SMILES string of the molecule is COc1ccc(CC(=O)NCCCn2c(-c3ccc(C)cc3)nc3cccnc32)cc1. The van der Waals surface area contributed by atoms with Crippen LogP contribution in [0.25, 0.3) is 22.6 Å². The molecule has 0 bridgehead atoms. The Morgan fingerprint density at radius 1 is 1.06 bits per heavy atom. The van der Waals surface area contributed by atoms with Gasteiger partial charge in [0.05, 0.1) is 13.5 Å². The molecule has 1 amide bonds. The Morgan fingerprint density at radius 2 is 1.84 bits per heavy atom. The van der Waals surface area contributed by atoms with E-state index in [9.17, 15) is 4.79 Å². The van der Waals surface area contributed by atoms with Crippen molar-refractivity contribution in [2.75, 3.05) is 13.7 Å². The number of rotatable bonds is 8. The monoisotopic (exact) mass is 414 g/mol. The summed E-state index contributed by atoms with van der Waals surface area (Å²) in [6, 6.07) is 19.8. The van der Waals surface area contributed by atoms with Crippen molar-refractivity contribution < 1.29 is 9.53 Å². The van der Waals surface area contributed by atoms with Crippen LogP contribution in [0.4, 0.5) is 0 Å². The van der Waals surface area contributed by atoms with E-state index in [1.807, 2.05) is 36.4 Å². The highest BCUT2D eigenvalue weighted by Crippen LogP contribution is 2.24. The van der Waals surface area contributed by atoms with Gasteiger partial charge < -0.3 is 14.6 Å². The topological polar surface area (TPSA) is 69.0 Å². The van der Waals surface area contributed by atoms with Crippen LogP contribution < -0.4 is 10.1 Å². The van der Waals surface area contributed by atoms with E-state index in [0.717, 1.165) is 46.8 Å². The summed E-state index contributed by atoms with van der Waals surface area (Å²) in [7, 11) is 1.63. The number of hydrogen-bond donors (Lipinski definition) is 1. The number of ether oxygens (including phenoxy) is 1. The Kier molecular flexibility index (Phi) is 6.26. The number of imidazole rings is 1. The largest absolute Gasteiger partial charge is 0.497 e. The van der Waals surface area contributed by atoms with E-state index in [0.29, 0.717) is 13.0 Å². The van der Waals surface area contributed by atoms with Gasteiger partial charge in [-0.05, 0) is 43.2 Å². The number of carbonyl (C=O) groups is 1. The summed E-state index contributed by atoms with van der Waals surface area (Å²) in [5.74, 6) is 1.70. The third-order valence-electron chi connectivity index (χ3n) is 5.22. The maximum atomic E-state index is 12.3. The standard InChI is InChI=1S/C25H26N4O2/c1-18-6-10-20(11-7-18)24-28-22-5-3-14-27-25(22)29(24)16-4-15-26-23(30)17-19-8-12-21(31-2)13-9-19/h3,5-14H,4,15-17H2,1-2H3,(H,26,30). The molecule has 0 aliphatic rings. The van der Waals surface area contributed by atoms with Crippen LogP contribution in [0.15, 0.2) is 66.9 Å². The number of benzene rings is 2. The molecular formula is C25H26N4O2. The summed E-state index contributed by atoms with van der Waals surface area (Å²) in [4.78, 5) is 21.6. The fourth-order valence-electron chi connectivity index (χ4n) is 3.55. The van der Waals surface area contributed by atoms with Crippen LogP contribution in [0, 0.1) is 6.92 Å². The molecule has 0 radical (unpaired) electrons. The molecular weight excluding hydrogens is 388 g/mol. The van der Waals surface area contributed by atoms with Gasteiger partial charge >= 0.3 is 0 Å². The van der Waals surface area contributed by atoms with Crippen molar-refractivity contribution in [2.24, 2.45) is 0 Å². The summed E-state index contributed by atoms with van der Waals surface area (Å²) in [6.07, 6.45) is 2.93. The van der Waals surface area contributed by atoms with Crippen molar-refractivity contribution in [3.05, 3.63) is 78.0 Å². The van der Waals surface area contributed by atoms with Gasteiger partial charge in [-0.2, -0.15) is 0 Å². The van der Waals surface area contributed by atoms with Crippen molar-refractivity contribution in [2.45, 2.75) is 26.3 Å². The average molecular weight is 415 g/mol. The molecule has 0 atom stereocenters. The summed E-state index contributed by atoms with van der Waals surface area (Å²) in [5, 5.41) is 3.01. The maximum Gasteiger partial charge on any atom is 0.224 e. The molecule has 158 valence electrons. The number of fused-ring (bicyclic) bond motifs is 1. The van der Waals surface area contributed by atoms with Crippen LogP contribution in [-0.4, -0.2) is 34.1 Å². The number of pyridine rings is 1. The molecule has 2 aromatic carbocycles. The van der Waals surface area contributed by atoms with Gasteiger partial charge in [0.25, 0.3) is 0 Å².